The van der Waals surface area contributed by atoms with E-state index in [2.05, 4.69) is 10.3 Å². The highest BCUT2D eigenvalue weighted by Crippen LogP contribution is 2.28. The Morgan fingerprint density at radius 2 is 2.04 bits per heavy atom. The summed E-state index contributed by atoms with van der Waals surface area (Å²) in [5, 5.41) is 12.5. The van der Waals surface area contributed by atoms with Gasteiger partial charge in [-0.2, -0.15) is 0 Å². The summed E-state index contributed by atoms with van der Waals surface area (Å²) >= 11 is 0. The third-order valence-corrected chi connectivity index (χ3v) is 4.67. The van der Waals surface area contributed by atoms with Crippen molar-refractivity contribution in [2.75, 3.05) is 13.2 Å². The number of nitrogens with zero attached hydrogens (tertiary/aromatic N) is 1. The van der Waals surface area contributed by atoms with E-state index in [0.717, 1.165) is 35.4 Å². The van der Waals surface area contributed by atoms with Crippen LogP contribution in [0, 0.1) is 5.82 Å². The Labute approximate surface area is 164 Å². The second-order valence-corrected chi connectivity index (χ2v) is 6.92. The second kappa shape index (κ2) is 10.1. The quantitative estimate of drug-likeness (QED) is 0.577. The summed E-state index contributed by atoms with van der Waals surface area (Å²) in [4.78, 5) is 16.0. The van der Waals surface area contributed by atoms with Gasteiger partial charge in [0.05, 0.1) is 12.3 Å². The van der Waals surface area contributed by atoms with E-state index in [4.69, 9.17) is 4.74 Å². The zero-order valence-corrected chi connectivity index (χ0v) is 15.7. The van der Waals surface area contributed by atoms with Gasteiger partial charge in [0.2, 0.25) is 0 Å². The highest BCUT2D eigenvalue weighted by molar-refractivity contribution is 5.96. The lowest BCUT2D eigenvalue weighted by atomic mass is 10.0. The molecule has 0 saturated heterocycles. The van der Waals surface area contributed by atoms with E-state index in [1.807, 2.05) is 30.3 Å². The van der Waals surface area contributed by atoms with Crippen LogP contribution in [0.3, 0.4) is 0 Å². The van der Waals surface area contributed by atoms with Crippen LogP contribution in [0.5, 0.6) is 0 Å². The van der Waals surface area contributed by atoms with Gasteiger partial charge in [0, 0.05) is 25.2 Å². The normalized spacial score (nSPS) is 13.8. The predicted molar refractivity (Wildman–Crippen MR) is 107 cm³/mol. The molecule has 2 aromatic rings. The van der Waals surface area contributed by atoms with E-state index >= 15 is 0 Å². The van der Waals surface area contributed by atoms with Crippen LogP contribution in [0.15, 0.2) is 53.5 Å². The Morgan fingerprint density at radius 1 is 1.21 bits per heavy atom. The van der Waals surface area contributed by atoms with Gasteiger partial charge in [-0.25, -0.2) is 4.39 Å². The van der Waals surface area contributed by atoms with Crippen LogP contribution in [0.2, 0.25) is 0 Å². The molecule has 1 atom stereocenters. The van der Waals surface area contributed by atoms with Gasteiger partial charge in [-0.3, -0.25) is 9.79 Å². The number of carboxylic acid groups (broad SMARTS) is 1. The molecule has 1 aliphatic heterocycles. The Balaban J connectivity index is 1.35. The van der Waals surface area contributed by atoms with Crippen LogP contribution >= 0.6 is 0 Å². The highest BCUT2D eigenvalue weighted by atomic mass is 19.1. The van der Waals surface area contributed by atoms with Gasteiger partial charge in [0.15, 0.2) is 0 Å². The molecule has 3 rings (SSSR count). The SMILES string of the molecule is O=C(O)[C@@H](CC1=Nc2ccc(F)cc2C1)NCCCCOCc1ccccc1. The minimum Gasteiger partial charge on any atom is -0.480 e. The Bertz CT molecular complexity index is 824. The smallest absolute Gasteiger partial charge is 0.321 e. The van der Waals surface area contributed by atoms with E-state index in [1.54, 1.807) is 6.07 Å². The molecule has 1 aliphatic rings. The lowest BCUT2D eigenvalue weighted by Gasteiger charge is -2.14. The molecule has 148 valence electrons. The van der Waals surface area contributed by atoms with Crippen molar-refractivity contribution in [2.45, 2.75) is 38.3 Å². The van der Waals surface area contributed by atoms with E-state index in [9.17, 15) is 14.3 Å². The summed E-state index contributed by atoms with van der Waals surface area (Å²) in [5.74, 6) is -1.19. The van der Waals surface area contributed by atoms with Gasteiger partial charge in [-0.1, -0.05) is 30.3 Å². The number of hydrogen-bond acceptors (Lipinski definition) is 4. The maximum absolute atomic E-state index is 13.3. The Hall–Kier alpha value is -2.57. The number of carboxylic acids is 1. The zero-order valence-electron chi connectivity index (χ0n) is 15.7. The molecule has 0 aromatic heterocycles. The number of nitrogens with one attached hydrogen (secondary N) is 1. The zero-order chi connectivity index (χ0) is 19.8. The number of unbranched alkanes of at least 4 members (excludes halogenated alkanes) is 1. The summed E-state index contributed by atoms with van der Waals surface area (Å²) < 4.78 is 18.9. The molecule has 0 radical (unpaired) electrons. The Morgan fingerprint density at radius 3 is 2.82 bits per heavy atom. The van der Waals surface area contributed by atoms with Crippen LogP contribution in [-0.4, -0.2) is 36.0 Å². The fraction of sp³-hybridized carbons (Fsp3) is 0.364. The van der Waals surface area contributed by atoms with Gasteiger partial charge < -0.3 is 15.2 Å². The van der Waals surface area contributed by atoms with E-state index < -0.39 is 12.0 Å². The van der Waals surface area contributed by atoms with Crippen molar-refractivity contribution in [3.63, 3.8) is 0 Å². The summed E-state index contributed by atoms with van der Waals surface area (Å²) in [5.41, 5.74) is 3.46. The Kier molecular flexibility index (Phi) is 7.28. The number of aliphatic carboxylic acids is 1. The lowest BCUT2D eigenvalue weighted by Crippen LogP contribution is -2.39. The first kappa shape index (κ1) is 20.2. The van der Waals surface area contributed by atoms with Gasteiger partial charge >= 0.3 is 5.97 Å². The first-order valence-corrected chi connectivity index (χ1v) is 9.54. The molecule has 2 N–H and O–H groups in total. The molecule has 0 spiro atoms. The molecular weight excluding hydrogens is 359 g/mol. The minimum absolute atomic E-state index is 0.294. The molecule has 0 fully saturated rings. The number of rotatable bonds is 11. The molecule has 0 amide bonds. The first-order valence-electron chi connectivity index (χ1n) is 9.54. The third kappa shape index (κ3) is 5.97. The second-order valence-electron chi connectivity index (χ2n) is 6.92. The molecule has 0 unspecified atom stereocenters. The molecular formula is C22H25FN2O3. The number of carbonyl (C=O) groups is 1. The molecule has 0 aliphatic carbocycles. The van der Waals surface area contributed by atoms with E-state index in [-0.39, 0.29) is 5.82 Å². The van der Waals surface area contributed by atoms with Crippen molar-refractivity contribution in [2.24, 2.45) is 4.99 Å². The average molecular weight is 384 g/mol. The number of halogens is 1. The predicted octanol–water partition coefficient (Wildman–Crippen LogP) is 3.88. The fourth-order valence-electron chi connectivity index (χ4n) is 3.20. The first-order chi connectivity index (χ1) is 13.6. The van der Waals surface area contributed by atoms with Crippen molar-refractivity contribution in [1.82, 2.24) is 5.32 Å². The molecule has 0 saturated carbocycles. The molecule has 28 heavy (non-hydrogen) atoms. The molecule has 2 aromatic carbocycles. The van der Waals surface area contributed by atoms with Gasteiger partial charge in [-0.05, 0) is 48.7 Å². The van der Waals surface area contributed by atoms with E-state index in [1.165, 1.54) is 12.1 Å². The average Bonchev–Trinajstić information content (AvgIpc) is 3.08. The van der Waals surface area contributed by atoms with Crippen LogP contribution in [0.25, 0.3) is 0 Å². The molecule has 0 bridgehead atoms. The fourth-order valence-corrected chi connectivity index (χ4v) is 3.20. The van der Waals surface area contributed by atoms with Crippen LogP contribution < -0.4 is 5.32 Å². The summed E-state index contributed by atoms with van der Waals surface area (Å²) in [6.45, 7) is 1.83. The number of hydrogen-bond donors (Lipinski definition) is 2. The van der Waals surface area contributed by atoms with Crippen molar-refractivity contribution < 1.29 is 19.0 Å². The topological polar surface area (TPSA) is 70.9 Å². The van der Waals surface area contributed by atoms with Gasteiger partial charge in [-0.15, -0.1) is 0 Å². The number of aliphatic imine (C=N–C) groups is 1. The lowest BCUT2D eigenvalue weighted by molar-refractivity contribution is -0.139. The van der Waals surface area contributed by atoms with Gasteiger partial charge in [0.25, 0.3) is 0 Å². The van der Waals surface area contributed by atoms with Crippen molar-refractivity contribution in [1.29, 1.82) is 0 Å². The van der Waals surface area contributed by atoms with Gasteiger partial charge in [0.1, 0.15) is 11.9 Å². The van der Waals surface area contributed by atoms with Crippen molar-refractivity contribution >= 4 is 17.4 Å². The standard InChI is InChI=1S/C22H25FN2O3/c23-18-8-9-20-17(12-18)13-19(25-20)14-21(22(26)27)24-10-4-5-11-28-15-16-6-2-1-3-7-16/h1-3,6-9,12,21,24H,4-5,10-11,13-15H2,(H,26,27)/t21-/m1/s1. The molecule has 6 heteroatoms. The summed E-state index contributed by atoms with van der Waals surface area (Å²) in [6, 6.07) is 13.8. The van der Waals surface area contributed by atoms with Crippen LogP contribution in [0.4, 0.5) is 10.1 Å². The van der Waals surface area contributed by atoms with Crippen LogP contribution in [-0.2, 0) is 22.6 Å². The number of fused-ring (bicyclic) bond motifs is 1. The summed E-state index contributed by atoms with van der Waals surface area (Å²) in [7, 11) is 0. The van der Waals surface area contributed by atoms with E-state index in [0.29, 0.717) is 32.6 Å². The number of benzene rings is 2. The van der Waals surface area contributed by atoms with Crippen molar-refractivity contribution in [3.8, 4) is 0 Å². The summed E-state index contributed by atoms with van der Waals surface area (Å²) in [6.07, 6.45) is 2.51. The number of ether oxygens (including phenoxy) is 1. The minimum atomic E-state index is -0.898. The molecule has 1 heterocycles. The maximum Gasteiger partial charge on any atom is 0.321 e. The monoisotopic (exact) mass is 384 g/mol. The van der Waals surface area contributed by atoms with Crippen molar-refractivity contribution in [3.05, 3.63) is 65.5 Å². The maximum atomic E-state index is 13.3. The largest absolute Gasteiger partial charge is 0.480 e. The third-order valence-electron chi connectivity index (χ3n) is 4.67. The molecule has 5 nitrogen and oxygen atoms in total. The van der Waals surface area contributed by atoms with Crippen LogP contribution in [0.1, 0.15) is 30.4 Å². The highest BCUT2D eigenvalue weighted by Gasteiger charge is 2.23.